The van der Waals surface area contributed by atoms with Crippen LogP contribution in [-0.4, -0.2) is 30.2 Å². The smallest absolute Gasteiger partial charge is 0.376 e. The summed E-state index contributed by atoms with van der Waals surface area (Å²) >= 11 is 0. The average molecular weight is 579 g/mol. The van der Waals surface area contributed by atoms with E-state index in [2.05, 4.69) is 4.90 Å². The number of rotatable bonds is 7. The standard InChI is InChI=1S/C36H30N6O2/c1-2-44-35(43)34-38-42(32-26-16-7-17-27-32)36(40(34)30-22-12-5-13-23-30)39(29-20-10-4-11-21-29)33(28-18-8-3-9-19-28)37-41(36)31-24-14-6-15-25-31/h3-27H,2H2,1H3. The van der Waals surface area contributed by atoms with E-state index in [1.165, 1.54) is 0 Å². The van der Waals surface area contributed by atoms with Gasteiger partial charge in [0.25, 0.3) is 0 Å². The maximum Gasteiger partial charge on any atom is 0.376 e. The fraction of sp³-hybridized carbons (Fsp3) is 0.0833. The lowest BCUT2D eigenvalue weighted by Crippen LogP contribution is -2.73. The molecular weight excluding hydrogens is 548 g/mol. The molecule has 0 saturated carbocycles. The second kappa shape index (κ2) is 11.4. The highest BCUT2D eigenvalue weighted by molar-refractivity contribution is 6.43. The second-order valence-corrected chi connectivity index (χ2v) is 10.2. The Bertz CT molecular complexity index is 1800. The maximum absolute atomic E-state index is 13.9. The molecule has 5 aromatic rings. The topological polar surface area (TPSA) is 64.0 Å². The zero-order valence-electron chi connectivity index (χ0n) is 24.1. The summed E-state index contributed by atoms with van der Waals surface area (Å²) in [6.45, 7) is 2.00. The summed E-state index contributed by atoms with van der Waals surface area (Å²) in [5.41, 5.74) is 4.07. The fourth-order valence-electron chi connectivity index (χ4n) is 5.71. The molecule has 5 aromatic carbocycles. The summed E-state index contributed by atoms with van der Waals surface area (Å²) in [6, 6.07) is 49.7. The van der Waals surface area contributed by atoms with E-state index >= 15 is 0 Å². The number of anilines is 4. The van der Waals surface area contributed by atoms with E-state index in [1.807, 2.05) is 167 Å². The van der Waals surface area contributed by atoms with Crippen molar-refractivity contribution in [3.05, 3.63) is 157 Å². The number of amidine groups is 2. The molecule has 8 nitrogen and oxygen atoms in total. The first-order valence-corrected chi connectivity index (χ1v) is 14.5. The zero-order valence-corrected chi connectivity index (χ0v) is 24.1. The number of hydrazone groups is 2. The molecule has 1 unspecified atom stereocenters. The van der Waals surface area contributed by atoms with E-state index in [9.17, 15) is 4.79 Å². The molecule has 0 bridgehead atoms. The van der Waals surface area contributed by atoms with Gasteiger partial charge in [0.2, 0.25) is 5.84 Å². The van der Waals surface area contributed by atoms with Gasteiger partial charge in [-0.2, -0.15) is 10.0 Å². The number of hydrogen-bond donors (Lipinski definition) is 0. The Balaban J connectivity index is 1.61. The van der Waals surface area contributed by atoms with Gasteiger partial charge >= 0.3 is 11.9 Å². The minimum Gasteiger partial charge on any atom is -0.460 e. The quantitative estimate of drug-likeness (QED) is 0.196. The number of ether oxygens (including phenoxy) is 1. The first kappa shape index (κ1) is 27.0. The van der Waals surface area contributed by atoms with E-state index in [-0.39, 0.29) is 12.4 Å². The lowest BCUT2D eigenvalue weighted by Gasteiger charge is -2.50. The third-order valence-electron chi connectivity index (χ3n) is 7.50. The molecule has 1 spiro atoms. The van der Waals surface area contributed by atoms with Gasteiger partial charge in [-0.25, -0.2) is 4.79 Å². The first-order chi connectivity index (χ1) is 21.7. The van der Waals surface area contributed by atoms with Crippen molar-refractivity contribution in [3.8, 4) is 0 Å². The van der Waals surface area contributed by atoms with Gasteiger partial charge in [0, 0.05) is 16.9 Å². The van der Waals surface area contributed by atoms with Crippen LogP contribution in [0.25, 0.3) is 0 Å². The number of benzene rings is 5. The van der Waals surface area contributed by atoms with Gasteiger partial charge in [0.15, 0.2) is 5.84 Å². The van der Waals surface area contributed by atoms with Crippen LogP contribution in [0.15, 0.2) is 162 Å². The largest absolute Gasteiger partial charge is 0.460 e. The molecule has 8 heteroatoms. The molecule has 1 atom stereocenters. The lowest BCUT2D eigenvalue weighted by atomic mass is 10.1. The molecule has 0 aromatic heterocycles. The van der Waals surface area contributed by atoms with Gasteiger partial charge in [0.05, 0.1) is 18.0 Å². The Morgan fingerprint density at radius 2 is 0.977 bits per heavy atom. The lowest BCUT2D eigenvalue weighted by molar-refractivity contribution is -0.135. The van der Waals surface area contributed by atoms with Crippen molar-refractivity contribution in [2.75, 3.05) is 26.4 Å². The van der Waals surface area contributed by atoms with E-state index in [1.54, 1.807) is 6.92 Å². The molecule has 7 rings (SSSR count). The summed E-state index contributed by atoms with van der Waals surface area (Å²) in [6.07, 6.45) is 0. The number of nitrogens with zero attached hydrogens (tertiary/aromatic N) is 6. The number of carbonyl (C=O) groups is 1. The Kier molecular flexibility index (Phi) is 7.00. The highest BCUT2D eigenvalue weighted by Crippen LogP contribution is 2.49. The summed E-state index contributed by atoms with van der Waals surface area (Å²) in [4.78, 5) is 18.0. The van der Waals surface area contributed by atoms with Crippen LogP contribution >= 0.6 is 0 Å². The number of hydrogen-bond acceptors (Lipinski definition) is 8. The van der Waals surface area contributed by atoms with E-state index in [4.69, 9.17) is 14.9 Å². The first-order valence-electron chi connectivity index (χ1n) is 14.5. The van der Waals surface area contributed by atoms with Crippen LogP contribution in [0.3, 0.4) is 0 Å². The normalized spacial score (nSPS) is 17.6. The second-order valence-electron chi connectivity index (χ2n) is 10.2. The van der Waals surface area contributed by atoms with Crippen molar-refractivity contribution < 1.29 is 9.53 Å². The highest BCUT2D eigenvalue weighted by atomic mass is 16.5. The number of para-hydroxylation sites is 4. The van der Waals surface area contributed by atoms with Crippen LogP contribution in [0.2, 0.25) is 0 Å². The monoisotopic (exact) mass is 578 g/mol. The molecular formula is C36H30N6O2. The van der Waals surface area contributed by atoms with E-state index in [0.717, 1.165) is 28.3 Å². The molecule has 2 aliphatic rings. The average Bonchev–Trinajstić information content (AvgIpc) is 3.63. The van der Waals surface area contributed by atoms with Crippen LogP contribution < -0.4 is 19.8 Å². The summed E-state index contributed by atoms with van der Waals surface area (Å²) < 4.78 is 5.65. The van der Waals surface area contributed by atoms with Crippen molar-refractivity contribution >= 4 is 40.4 Å². The minimum atomic E-state index is -1.38. The molecule has 0 radical (unpaired) electrons. The summed E-state index contributed by atoms with van der Waals surface area (Å²) in [7, 11) is 0. The van der Waals surface area contributed by atoms with Gasteiger partial charge < -0.3 is 4.74 Å². The Morgan fingerprint density at radius 3 is 1.45 bits per heavy atom. The Morgan fingerprint density at radius 1 is 0.568 bits per heavy atom. The SMILES string of the molecule is CCOC(=O)C1=NN(c2ccccc2)C2(N(c3ccccc3)N=C(c3ccccc3)N2c2ccccc2)N1c1ccccc1. The van der Waals surface area contributed by atoms with Crippen LogP contribution in [0.4, 0.5) is 22.7 Å². The van der Waals surface area contributed by atoms with Gasteiger partial charge in [-0.1, -0.05) is 103 Å². The van der Waals surface area contributed by atoms with E-state index in [0.29, 0.717) is 5.84 Å². The van der Waals surface area contributed by atoms with E-state index < -0.39 is 11.9 Å². The van der Waals surface area contributed by atoms with Crippen LogP contribution in [0, 0.1) is 0 Å². The Labute approximate surface area is 256 Å². The molecule has 44 heavy (non-hydrogen) atoms. The predicted octanol–water partition coefficient (Wildman–Crippen LogP) is 6.89. The van der Waals surface area contributed by atoms with Gasteiger partial charge in [0.1, 0.15) is 0 Å². The van der Waals surface area contributed by atoms with Crippen molar-refractivity contribution in [3.63, 3.8) is 0 Å². The summed E-state index contributed by atoms with van der Waals surface area (Å²) in [5, 5.41) is 14.3. The molecule has 2 heterocycles. The van der Waals surface area contributed by atoms with Crippen LogP contribution in [-0.2, 0) is 9.53 Å². The molecule has 0 fully saturated rings. The van der Waals surface area contributed by atoms with Crippen molar-refractivity contribution in [2.24, 2.45) is 10.2 Å². The molecule has 0 N–H and O–H groups in total. The Hall–Kier alpha value is -5.89. The predicted molar refractivity (Wildman–Crippen MR) is 175 cm³/mol. The highest BCUT2D eigenvalue weighted by Gasteiger charge is 2.65. The number of carbonyl (C=O) groups excluding carboxylic acids is 1. The van der Waals surface area contributed by atoms with Gasteiger partial charge in [-0.05, 0) is 55.5 Å². The van der Waals surface area contributed by atoms with Gasteiger partial charge in [-0.15, -0.1) is 10.2 Å². The summed E-state index contributed by atoms with van der Waals surface area (Å²) in [5.74, 6) is -1.10. The fourth-order valence-corrected chi connectivity index (χ4v) is 5.71. The van der Waals surface area contributed by atoms with Crippen molar-refractivity contribution in [1.82, 2.24) is 0 Å². The third kappa shape index (κ3) is 4.35. The maximum atomic E-state index is 13.9. The molecule has 0 saturated heterocycles. The molecule has 0 amide bonds. The zero-order chi connectivity index (χ0) is 29.9. The minimum absolute atomic E-state index is 0.133. The van der Waals surface area contributed by atoms with Crippen molar-refractivity contribution in [1.29, 1.82) is 0 Å². The molecule has 216 valence electrons. The van der Waals surface area contributed by atoms with Crippen molar-refractivity contribution in [2.45, 2.75) is 12.8 Å². The van der Waals surface area contributed by atoms with Crippen LogP contribution in [0.5, 0.6) is 0 Å². The third-order valence-corrected chi connectivity index (χ3v) is 7.50. The molecule has 0 aliphatic carbocycles. The number of esters is 1. The van der Waals surface area contributed by atoms with Gasteiger partial charge in [-0.3, -0.25) is 9.80 Å². The van der Waals surface area contributed by atoms with Crippen LogP contribution in [0.1, 0.15) is 12.5 Å². The molecule has 2 aliphatic heterocycles.